The first-order chi connectivity index (χ1) is 10.8. The van der Waals surface area contributed by atoms with Crippen molar-refractivity contribution < 1.29 is 0 Å². The second kappa shape index (κ2) is 7.20. The van der Waals surface area contributed by atoms with Crippen LogP contribution in [0.5, 0.6) is 0 Å². The molecule has 1 N–H and O–H groups in total. The van der Waals surface area contributed by atoms with Gasteiger partial charge < -0.3 is 5.43 Å². The summed E-state index contributed by atoms with van der Waals surface area (Å²) < 4.78 is 0. The lowest BCUT2D eigenvalue weighted by atomic mass is 10.2. The topological polar surface area (TPSA) is 37.3 Å². The highest BCUT2D eigenvalue weighted by atomic mass is 35.5. The Morgan fingerprint density at radius 1 is 1.09 bits per heavy atom. The van der Waals surface area contributed by atoms with Gasteiger partial charge in [0.15, 0.2) is 0 Å². The molecule has 0 bridgehead atoms. The molecule has 3 aromatic rings. The Morgan fingerprint density at radius 2 is 1.86 bits per heavy atom. The Balaban J connectivity index is 1.56. The molecular formula is C17H14ClN3S. The molecular weight excluding hydrogens is 314 g/mol. The fraction of sp³-hybridized carbons (Fsp3) is 0.0588. The molecule has 0 saturated carbocycles. The Hall–Kier alpha value is -2.17. The van der Waals surface area contributed by atoms with Gasteiger partial charge in [-0.25, -0.2) is 4.98 Å². The Kier molecular flexibility index (Phi) is 4.83. The van der Waals surface area contributed by atoms with Crippen LogP contribution in [-0.4, -0.2) is 11.2 Å². The van der Waals surface area contributed by atoms with E-state index < -0.39 is 0 Å². The minimum atomic E-state index is 0.605. The number of nitrogens with zero attached hydrogens (tertiary/aromatic N) is 2. The van der Waals surface area contributed by atoms with Crippen molar-refractivity contribution in [1.82, 2.24) is 10.4 Å². The van der Waals surface area contributed by atoms with Crippen molar-refractivity contribution in [3.63, 3.8) is 0 Å². The maximum atomic E-state index is 5.84. The molecule has 2 aromatic carbocycles. The van der Waals surface area contributed by atoms with Crippen LogP contribution in [-0.2, 0) is 6.54 Å². The lowest BCUT2D eigenvalue weighted by molar-refractivity contribution is 0.734. The second-order valence-corrected chi connectivity index (χ2v) is 5.95. The standard InChI is InChI=1S/C17H14ClN3S/c18-15-8-6-13(7-9-15)10-19-20-11-16-12-22-17(21-16)14-4-2-1-3-5-14/h1-10,12,20H,11H2/b19-10-. The monoisotopic (exact) mass is 327 g/mol. The van der Waals surface area contributed by atoms with E-state index in [9.17, 15) is 0 Å². The van der Waals surface area contributed by atoms with Gasteiger partial charge in [0.2, 0.25) is 0 Å². The first kappa shape index (κ1) is 14.8. The van der Waals surface area contributed by atoms with E-state index in [1.807, 2.05) is 47.8 Å². The number of halogens is 1. The van der Waals surface area contributed by atoms with Gasteiger partial charge >= 0.3 is 0 Å². The Morgan fingerprint density at radius 3 is 2.64 bits per heavy atom. The van der Waals surface area contributed by atoms with Crippen molar-refractivity contribution in [3.8, 4) is 10.6 Å². The normalized spacial score (nSPS) is 11.0. The van der Waals surface area contributed by atoms with E-state index in [1.165, 1.54) is 0 Å². The number of benzene rings is 2. The third kappa shape index (κ3) is 3.93. The van der Waals surface area contributed by atoms with Gasteiger partial charge in [0, 0.05) is 16.0 Å². The van der Waals surface area contributed by atoms with E-state index in [0.29, 0.717) is 6.54 Å². The molecule has 0 unspecified atom stereocenters. The smallest absolute Gasteiger partial charge is 0.123 e. The zero-order valence-corrected chi connectivity index (χ0v) is 13.3. The third-order valence-corrected chi connectivity index (χ3v) is 4.20. The van der Waals surface area contributed by atoms with Crippen LogP contribution in [0.2, 0.25) is 5.02 Å². The molecule has 0 saturated heterocycles. The first-order valence-electron chi connectivity index (χ1n) is 6.82. The average molecular weight is 328 g/mol. The maximum absolute atomic E-state index is 5.84. The van der Waals surface area contributed by atoms with E-state index in [4.69, 9.17) is 11.6 Å². The molecule has 1 heterocycles. The average Bonchev–Trinajstić information content (AvgIpc) is 3.03. The highest BCUT2D eigenvalue weighted by molar-refractivity contribution is 7.13. The van der Waals surface area contributed by atoms with Gasteiger partial charge in [0.1, 0.15) is 5.01 Å². The highest BCUT2D eigenvalue weighted by Gasteiger charge is 2.03. The molecule has 0 fully saturated rings. The Bertz CT molecular complexity index is 751. The van der Waals surface area contributed by atoms with Gasteiger partial charge in [-0.15, -0.1) is 11.3 Å². The van der Waals surface area contributed by atoms with Gasteiger partial charge in [0.05, 0.1) is 18.5 Å². The second-order valence-electron chi connectivity index (χ2n) is 4.65. The third-order valence-electron chi connectivity index (χ3n) is 3.01. The molecule has 110 valence electrons. The number of hydrogen-bond donors (Lipinski definition) is 1. The molecule has 0 aliphatic carbocycles. The van der Waals surface area contributed by atoms with Gasteiger partial charge in [-0.3, -0.25) is 0 Å². The van der Waals surface area contributed by atoms with Crippen molar-refractivity contribution in [2.24, 2.45) is 5.10 Å². The molecule has 5 heteroatoms. The number of aromatic nitrogens is 1. The van der Waals surface area contributed by atoms with E-state index in [0.717, 1.165) is 26.9 Å². The Labute approximate surface area is 138 Å². The summed E-state index contributed by atoms with van der Waals surface area (Å²) in [5, 5.41) is 7.99. The van der Waals surface area contributed by atoms with E-state index in [2.05, 4.69) is 27.6 Å². The molecule has 0 aliphatic heterocycles. The van der Waals surface area contributed by atoms with Crippen LogP contribution < -0.4 is 5.43 Å². The first-order valence-corrected chi connectivity index (χ1v) is 8.08. The fourth-order valence-electron chi connectivity index (χ4n) is 1.90. The van der Waals surface area contributed by atoms with Crippen molar-refractivity contribution in [1.29, 1.82) is 0 Å². The number of hydrazone groups is 1. The largest absolute Gasteiger partial charge is 0.304 e. The highest BCUT2D eigenvalue weighted by Crippen LogP contribution is 2.23. The van der Waals surface area contributed by atoms with Gasteiger partial charge in [-0.2, -0.15) is 5.10 Å². The van der Waals surface area contributed by atoms with E-state index in [-0.39, 0.29) is 0 Å². The number of hydrogen-bond acceptors (Lipinski definition) is 4. The quantitative estimate of drug-likeness (QED) is 0.550. The summed E-state index contributed by atoms with van der Waals surface area (Å²) >= 11 is 7.48. The minimum absolute atomic E-state index is 0.605. The van der Waals surface area contributed by atoms with E-state index >= 15 is 0 Å². The summed E-state index contributed by atoms with van der Waals surface area (Å²) in [6, 6.07) is 17.7. The predicted octanol–water partition coefficient (Wildman–Crippen LogP) is 4.59. The molecule has 0 spiro atoms. The van der Waals surface area contributed by atoms with Crippen LogP contribution in [0.15, 0.2) is 65.1 Å². The summed E-state index contributed by atoms with van der Waals surface area (Å²) in [7, 11) is 0. The SMILES string of the molecule is Clc1ccc(/C=N\NCc2csc(-c3ccccc3)n2)cc1. The molecule has 0 aliphatic rings. The molecule has 22 heavy (non-hydrogen) atoms. The van der Waals surface area contributed by atoms with Crippen molar-refractivity contribution in [2.75, 3.05) is 0 Å². The van der Waals surface area contributed by atoms with Crippen LogP contribution in [0, 0.1) is 0 Å². The van der Waals surface area contributed by atoms with Crippen molar-refractivity contribution in [2.45, 2.75) is 6.54 Å². The lowest BCUT2D eigenvalue weighted by Gasteiger charge is -1.97. The van der Waals surface area contributed by atoms with E-state index in [1.54, 1.807) is 17.6 Å². The van der Waals surface area contributed by atoms with Crippen LogP contribution in [0.3, 0.4) is 0 Å². The molecule has 0 amide bonds. The summed E-state index contributed by atoms with van der Waals surface area (Å²) in [4.78, 5) is 4.60. The van der Waals surface area contributed by atoms with Crippen molar-refractivity contribution in [3.05, 3.63) is 76.3 Å². The molecule has 3 rings (SSSR count). The van der Waals surface area contributed by atoms with Gasteiger partial charge in [-0.05, 0) is 17.7 Å². The molecule has 0 radical (unpaired) electrons. The summed E-state index contributed by atoms with van der Waals surface area (Å²) in [5.41, 5.74) is 6.14. The molecule has 1 aromatic heterocycles. The van der Waals surface area contributed by atoms with Crippen LogP contribution in [0.25, 0.3) is 10.6 Å². The zero-order chi connectivity index (χ0) is 15.2. The number of thiazole rings is 1. The maximum Gasteiger partial charge on any atom is 0.123 e. The van der Waals surface area contributed by atoms with Crippen LogP contribution in [0.1, 0.15) is 11.3 Å². The van der Waals surface area contributed by atoms with Crippen molar-refractivity contribution >= 4 is 29.2 Å². The zero-order valence-electron chi connectivity index (χ0n) is 11.7. The summed E-state index contributed by atoms with van der Waals surface area (Å²) in [6.45, 7) is 0.605. The summed E-state index contributed by atoms with van der Waals surface area (Å²) in [5.74, 6) is 0. The molecule has 0 atom stereocenters. The summed E-state index contributed by atoms with van der Waals surface area (Å²) in [6.07, 6.45) is 1.76. The van der Waals surface area contributed by atoms with Gasteiger partial charge in [-0.1, -0.05) is 54.1 Å². The minimum Gasteiger partial charge on any atom is -0.304 e. The fourth-order valence-corrected chi connectivity index (χ4v) is 2.85. The predicted molar refractivity (Wildman–Crippen MR) is 93.4 cm³/mol. The molecule has 3 nitrogen and oxygen atoms in total. The van der Waals surface area contributed by atoms with Gasteiger partial charge in [0.25, 0.3) is 0 Å². The lowest BCUT2D eigenvalue weighted by Crippen LogP contribution is -2.05. The van der Waals surface area contributed by atoms with Crippen LogP contribution in [0.4, 0.5) is 0 Å². The number of rotatable bonds is 5. The van der Waals surface area contributed by atoms with Crippen LogP contribution >= 0.6 is 22.9 Å². The number of nitrogens with one attached hydrogen (secondary N) is 1.